The van der Waals surface area contributed by atoms with Gasteiger partial charge >= 0.3 is 13.7 Å². The van der Waals surface area contributed by atoms with E-state index in [2.05, 4.69) is 11.0 Å². The van der Waals surface area contributed by atoms with Gasteiger partial charge in [-0.1, -0.05) is 18.2 Å². The largest absolute Gasteiger partial charge is 0.443 e. The number of ether oxygens (including phenoxy) is 1. The molecule has 1 unspecified atom stereocenters. The van der Waals surface area contributed by atoms with E-state index in [0.717, 1.165) is 31.6 Å². The number of para-hydroxylation sites is 1. The van der Waals surface area contributed by atoms with Crippen molar-refractivity contribution in [3.63, 3.8) is 0 Å². The Morgan fingerprint density at radius 2 is 1.66 bits per heavy atom. The van der Waals surface area contributed by atoms with Crippen LogP contribution >= 0.6 is 7.60 Å². The highest BCUT2D eigenvalue weighted by Gasteiger charge is 2.47. The van der Waals surface area contributed by atoms with Crippen molar-refractivity contribution >= 4 is 25.3 Å². The summed E-state index contributed by atoms with van der Waals surface area (Å²) in [7, 11) is -3.43. The van der Waals surface area contributed by atoms with Gasteiger partial charge in [0.05, 0.1) is 25.0 Å². The third-order valence-electron chi connectivity index (χ3n) is 8.52. The normalized spacial score (nSPS) is 20.7. The molecule has 4 rings (SSSR count). The third kappa shape index (κ3) is 7.71. The molecule has 1 spiro atoms. The molecule has 2 saturated heterocycles. The van der Waals surface area contributed by atoms with Crippen LogP contribution in [0.15, 0.2) is 24.3 Å². The maximum absolute atomic E-state index is 13.0. The molecule has 2 amide bonds. The van der Waals surface area contributed by atoms with Gasteiger partial charge in [-0.05, 0) is 90.9 Å². The molecule has 0 radical (unpaired) electrons. The fourth-order valence-corrected chi connectivity index (χ4v) is 8.01. The van der Waals surface area contributed by atoms with Crippen molar-refractivity contribution in [2.45, 2.75) is 77.4 Å². The van der Waals surface area contributed by atoms with Crippen LogP contribution in [0.3, 0.4) is 0 Å². The maximum atomic E-state index is 13.0. The molecule has 3 aliphatic heterocycles. The lowest BCUT2D eigenvalue weighted by Gasteiger charge is -2.42. The van der Waals surface area contributed by atoms with E-state index in [1.165, 1.54) is 5.56 Å². The summed E-state index contributed by atoms with van der Waals surface area (Å²) in [5, 5.41) is 11.1. The summed E-state index contributed by atoms with van der Waals surface area (Å²) < 4.78 is 29.0. The van der Waals surface area contributed by atoms with Gasteiger partial charge in [-0.15, -0.1) is 0 Å². The lowest BCUT2D eigenvalue weighted by Crippen LogP contribution is -2.50. The smallest absolute Gasteiger partial charge is 0.414 e. The molecule has 2 fully saturated rings. The summed E-state index contributed by atoms with van der Waals surface area (Å²) in [5.74, 6) is -0.114. The average Bonchev–Trinajstić information content (AvgIpc) is 3.23. The number of fused-ring (bicyclic) bond motifs is 2. The highest BCUT2D eigenvalue weighted by molar-refractivity contribution is 7.54. The Kier molecular flexibility index (Phi) is 10.2. The number of rotatable bonds is 9. The predicted octanol–water partition coefficient (Wildman–Crippen LogP) is 4.64. The van der Waals surface area contributed by atoms with Crippen LogP contribution < -0.4 is 4.90 Å². The van der Waals surface area contributed by atoms with Crippen LogP contribution in [-0.2, 0) is 28.6 Å². The van der Waals surface area contributed by atoms with E-state index in [4.69, 9.17) is 13.8 Å². The Balaban J connectivity index is 1.28. The number of carbonyl (C=O) groups excluding carboxylic acids is 2. The number of piperidine rings is 2. The van der Waals surface area contributed by atoms with E-state index in [1.54, 1.807) is 23.6 Å². The zero-order valence-corrected chi connectivity index (χ0v) is 26.2. The molecule has 0 saturated carbocycles. The highest BCUT2D eigenvalue weighted by Crippen LogP contribution is 2.49. The Morgan fingerprint density at radius 1 is 1.05 bits per heavy atom. The number of anilines is 1. The third-order valence-corrected chi connectivity index (χ3v) is 10.5. The van der Waals surface area contributed by atoms with Crippen molar-refractivity contribution in [3.05, 3.63) is 29.8 Å². The minimum Gasteiger partial charge on any atom is -0.443 e. The topological polar surface area (TPSA) is 109 Å². The minimum absolute atomic E-state index is 0.107. The highest BCUT2D eigenvalue weighted by atomic mass is 31.2. The first kappa shape index (κ1) is 32.0. The van der Waals surface area contributed by atoms with E-state index < -0.39 is 19.3 Å². The Bertz CT molecular complexity index is 1100. The summed E-state index contributed by atoms with van der Waals surface area (Å²) in [6, 6.07) is 8.16. The van der Waals surface area contributed by atoms with Crippen LogP contribution in [0.2, 0.25) is 0 Å². The van der Waals surface area contributed by atoms with Crippen molar-refractivity contribution < 1.29 is 33.0 Å². The fraction of sp³-hybridized carbons (Fsp3) is 0.733. The molecule has 0 aromatic heterocycles. The number of β-amino-alcohol motifs (C(OH)–C–C–N with tert-alkyl or cyclic N) is 1. The number of hydrogen-bond acceptors (Lipinski definition) is 8. The molecule has 11 heteroatoms. The average molecular weight is 594 g/mol. The lowest BCUT2D eigenvalue weighted by molar-refractivity contribution is -0.130. The van der Waals surface area contributed by atoms with Gasteiger partial charge in [0.2, 0.25) is 5.91 Å². The number of benzene rings is 1. The lowest BCUT2D eigenvalue weighted by atomic mass is 9.74. The number of nitrogens with zero attached hydrogens (tertiary/aromatic N) is 3. The van der Waals surface area contributed by atoms with E-state index in [-0.39, 0.29) is 42.7 Å². The van der Waals surface area contributed by atoms with Gasteiger partial charge in [-0.25, -0.2) is 4.79 Å². The number of aliphatic hydroxyl groups excluding tert-OH is 1. The molecule has 1 atom stereocenters. The Labute approximate surface area is 244 Å². The van der Waals surface area contributed by atoms with Crippen LogP contribution in [0.5, 0.6) is 0 Å². The van der Waals surface area contributed by atoms with Crippen LogP contribution in [0.4, 0.5) is 10.5 Å². The van der Waals surface area contributed by atoms with Crippen molar-refractivity contribution in [1.29, 1.82) is 0 Å². The monoisotopic (exact) mass is 593 g/mol. The molecule has 1 N–H and O–H groups in total. The van der Waals surface area contributed by atoms with Crippen molar-refractivity contribution in [2.24, 2.45) is 5.92 Å². The summed E-state index contributed by atoms with van der Waals surface area (Å²) >= 11 is 0. The van der Waals surface area contributed by atoms with Crippen LogP contribution in [-0.4, -0.2) is 97.3 Å². The summed E-state index contributed by atoms with van der Waals surface area (Å²) in [6.07, 6.45) is 2.20. The van der Waals surface area contributed by atoms with E-state index in [9.17, 15) is 19.3 Å². The fourth-order valence-electron chi connectivity index (χ4n) is 6.44. The second-order valence-electron chi connectivity index (χ2n) is 12.6. The van der Waals surface area contributed by atoms with Crippen LogP contribution in [0.25, 0.3) is 0 Å². The van der Waals surface area contributed by atoms with Crippen molar-refractivity contribution in [1.82, 2.24) is 9.80 Å². The summed E-state index contributed by atoms with van der Waals surface area (Å²) in [5.41, 5.74) is 1.49. The maximum Gasteiger partial charge on any atom is 0.414 e. The van der Waals surface area contributed by atoms with Gasteiger partial charge in [0, 0.05) is 31.6 Å². The molecule has 0 aliphatic carbocycles. The number of likely N-dealkylation sites (tertiary alicyclic amines) is 2. The number of aliphatic hydroxyl groups is 1. The van der Waals surface area contributed by atoms with Crippen LogP contribution in [0.1, 0.15) is 65.9 Å². The first-order chi connectivity index (χ1) is 19.4. The molecule has 1 aromatic carbocycles. The van der Waals surface area contributed by atoms with Gasteiger partial charge in [-0.2, -0.15) is 0 Å². The number of amides is 2. The van der Waals surface area contributed by atoms with E-state index in [1.807, 2.05) is 39.0 Å². The Morgan fingerprint density at radius 3 is 2.24 bits per heavy atom. The zero-order chi connectivity index (χ0) is 29.8. The van der Waals surface area contributed by atoms with E-state index >= 15 is 0 Å². The molecule has 41 heavy (non-hydrogen) atoms. The SMILES string of the molecule is CCOP(=O)(CC(=O)N1CCC(C(O)CN2CCC3(CC2)CN(C(=O)OC(C)(C)C)c2ccccc23)CC1)OCC. The predicted molar refractivity (Wildman–Crippen MR) is 158 cm³/mol. The molecule has 3 aliphatic rings. The first-order valence-electron chi connectivity index (χ1n) is 15.0. The molecule has 230 valence electrons. The second kappa shape index (κ2) is 13.1. The number of carbonyl (C=O) groups is 2. The molecule has 10 nitrogen and oxygen atoms in total. The molecule has 1 aromatic rings. The Hall–Kier alpha value is -1.97. The number of hydrogen-bond donors (Lipinski definition) is 1. The van der Waals surface area contributed by atoms with Gasteiger partial charge in [0.25, 0.3) is 0 Å². The molecular weight excluding hydrogens is 545 g/mol. The zero-order valence-electron chi connectivity index (χ0n) is 25.3. The second-order valence-corrected chi connectivity index (χ2v) is 14.6. The van der Waals surface area contributed by atoms with Gasteiger partial charge in [0.15, 0.2) is 0 Å². The van der Waals surface area contributed by atoms with Crippen molar-refractivity contribution in [2.75, 3.05) is 63.5 Å². The van der Waals surface area contributed by atoms with Gasteiger partial charge in [0.1, 0.15) is 11.8 Å². The van der Waals surface area contributed by atoms with Gasteiger partial charge in [-0.3, -0.25) is 14.3 Å². The molecule has 3 heterocycles. The summed E-state index contributed by atoms with van der Waals surface area (Å²) in [6.45, 7) is 13.5. The van der Waals surface area contributed by atoms with Gasteiger partial charge < -0.3 is 28.7 Å². The summed E-state index contributed by atoms with van der Waals surface area (Å²) in [4.78, 5) is 31.7. The van der Waals surface area contributed by atoms with Crippen LogP contribution in [0, 0.1) is 5.92 Å². The standard InChI is InChI=1S/C30H48N3O7P/c1-6-38-41(37,39-7-2)21-27(35)32-16-12-23(13-17-32)26(34)20-31-18-14-30(15-19-31)22-33(28(36)40-29(3,4)5)25-11-9-8-10-24(25)30/h8-11,23,26,34H,6-7,12-22H2,1-5H3. The first-order valence-corrected chi connectivity index (χ1v) is 16.8. The molecule has 0 bridgehead atoms. The quantitative estimate of drug-likeness (QED) is 0.413. The van der Waals surface area contributed by atoms with E-state index in [0.29, 0.717) is 39.0 Å². The molecular formula is C30H48N3O7P. The minimum atomic E-state index is -3.43. The van der Waals surface area contributed by atoms with Crippen molar-refractivity contribution in [3.8, 4) is 0 Å².